The molecule has 40 heavy (non-hydrogen) atoms. The summed E-state index contributed by atoms with van der Waals surface area (Å²) in [5.41, 5.74) is 9.31. The second-order valence-electron chi connectivity index (χ2n) is 9.76. The van der Waals surface area contributed by atoms with Crippen molar-refractivity contribution < 1.29 is 0 Å². The maximum atomic E-state index is 3.57. The molecular weight excluding hydrogens is 620 g/mol. The van der Waals surface area contributed by atoms with E-state index in [1.807, 2.05) is 0 Å². The topological polar surface area (TPSA) is 8.17 Å². The number of hydrogen-bond acceptors (Lipinski definition) is 1. The fourth-order valence-corrected chi connectivity index (χ4v) is 5.97. The van der Waals surface area contributed by atoms with Gasteiger partial charge >= 0.3 is 0 Å². The highest BCUT2D eigenvalue weighted by Crippen LogP contribution is 2.38. The van der Waals surface area contributed by atoms with Crippen molar-refractivity contribution in [3.05, 3.63) is 155 Å². The first-order chi connectivity index (χ1) is 19.7. The Bertz CT molecular complexity index is 1890. The molecule has 4 heteroatoms. The largest absolute Gasteiger partial charge is 0.311 e. The van der Waals surface area contributed by atoms with Crippen molar-refractivity contribution in [2.75, 3.05) is 4.90 Å². The van der Waals surface area contributed by atoms with Crippen LogP contribution < -0.4 is 4.90 Å². The molecular formula is C36H24Br2N2. The lowest BCUT2D eigenvalue weighted by Crippen LogP contribution is -2.09. The second kappa shape index (κ2) is 10.5. The van der Waals surface area contributed by atoms with Gasteiger partial charge in [-0.2, -0.15) is 0 Å². The third kappa shape index (κ3) is 4.53. The normalized spacial score (nSPS) is 11.2. The van der Waals surface area contributed by atoms with Gasteiger partial charge in [0.25, 0.3) is 0 Å². The quantitative estimate of drug-likeness (QED) is 0.181. The number of aromatic nitrogens is 1. The van der Waals surface area contributed by atoms with Gasteiger partial charge in [0.05, 0.1) is 11.0 Å². The predicted octanol–water partition coefficient (Wildman–Crippen LogP) is 11.4. The third-order valence-electron chi connectivity index (χ3n) is 7.32. The first-order valence-corrected chi connectivity index (χ1v) is 14.7. The van der Waals surface area contributed by atoms with Crippen molar-refractivity contribution in [1.29, 1.82) is 0 Å². The molecule has 6 aromatic carbocycles. The molecule has 0 aliphatic rings. The molecule has 0 atom stereocenters. The van der Waals surface area contributed by atoms with Gasteiger partial charge in [0, 0.05) is 42.5 Å². The van der Waals surface area contributed by atoms with Crippen LogP contribution in [0.3, 0.4) is 0 Å². The third-order valence-corrected chi connectivity index (χ3v) is 8.37. The van der Waals surface area contributed by atoms with E-state index in [9.17, 15) is 0 Å². The summed E-state index contributed by atoms with van der Waals surface area (Å²) in [6.07, 6.45) is 0. The van der Waals surface area contributed by atoms with Crippen molar-refractivity contribution in [1.82, 2.24) is 4.57 Å². The molecule has 7 rings (SSSR count). The van der Waals surface area contributed by atoms with E-state index in [2.05, 4.69) is 187 Å². The average molecular weight is 644 g/mol. The van der Waals surface area contributed by atoms with Crippen molar-refractivity contribution >= 4 is 70.7 Å². The molecule has 1 aromatic heterocycles. The van der Waals surface area contributed by atoms with E-state index in [0.29, 0.717) is 0 Å². The zero-order chi connectivity index (χ0) is 27.1. The van der Waals surface area contributed by atoms with E-state index in [1.165, 1.54) is 38.6 Å². The van der Waals surface area contributed by atoms with Crippen molar-refractivity contribution in [2.24, 2.45) is 0 Å². The SMILES string of the molecule is Brc1ccc(N(c2ccc(Br)cc2)c2ccc(-c3ccc4c(c3)c3ccccc3n4-c3ccccc3)cc2)cc1. The summed E-state index contributed by atoms with van der Waals surface area (Å²) >= 11 is 7.15. The van der Waals surface area contributed by atoms with Crippen molar-refractivity contribution in [3.63, 3.8) is 0 Å². The minimum Gasteiger partial charge on any atom is -0.311 e. The van der Waals surface area contributed by atoms with Gasteiger partial charge in [0.15, 0.2) is 0 Å². The molecule has 0 saturated heterocycles. The molecule has 0 aliphatic heterocycles. The fraction of sp³-hybridized carbons (Fsp3) is 0. The van der Waals surface area contributed by atoms with E-state index >= 15 is 0 Å². The van der Waals surface area contributed by atoms with Crippen LogP contribution in [0.15, 0.2) is 155 Å². The maximum absolute atomic E-state index is 3.57. The summed E-state index contributed by atoms with van der Waals surface area (Å²) in [6.45, 7) is 0. The highest BCUT2D eigenvalue weighted by atomic mass is 79.9. The maximum Gasteiger partial charge on any atom is 0.0541 e. The summed E-state index contributed by atoms with van der Waals surface area (Å²) in [5, 5.41) is 2.52. The van der Waals surface area contributed by atoms with Crippen LogP contribution in [0.2, 0.25) is 0 Å². The monoisotopic (exact) mass is 642 g/mol. The summed E-state index contributed by atoms with van der Waals surface area (Å²) in [4.78, 5) is 2.28. The first kappa shape index (κ1) is 24.9. The van der Waals surface area contributed by atoms with Crippen LogP contribution in [0.5, 0.6) is 0 Å². The number of anilines is 3. The Balaban J connectivity index is 1.31. The summed E-state index contributed by atoms with van der Waals surface area (Å²) < 4.78 is 4.48. The standard InChI is InChI=1S/C36H24Br2N2/c37-27-13-19-31(20-14-27)39(32-21-15-28(38)16-22-32)30-17-10-25(11-18-30)26-12-23-36-34(24-26)33-8-4-5-9-35(33)40(36)29-6-2-1-3-7-29/h1-24H. The van der Waals surface area contributed by atoms with Gasteiger partial charge in [0.1, 0.15) is 0 Å². The van der Waals surface area contributed by atoms with Crippen LogP contribution in [0.25, 0.3) is 38.6 Å². The van der Waals surface area contributed by atoms with E-state index in [0.717, 1.165) is 26.0 Å². The van der Waals surface area contributed by atoms with Crippen molar-refractivity contribution in [2.45, 2.75) is 0 Å². The molecule has 7 aromatic rings. The second-order valence-corrected chi connectivity index (χ2v) is 11.6. The Morgan fingerprint density at radius 3 is 1.55 bits per heavy atom. The molecule has 0 unspecified atom stereocenters. The Hall–Kier alpha value is -4.12. The molecule has 0 fully saturated rings. The highest BCUT2D eigenvalue weighted by molar-refractivity contribution is 9.10. The van der Waals surface area contributed by atoms with Crippen LogP contribution >= 0.6 is 31.9 Å². The van der Waals surface area contributed by atoms with Crippen LogP contribution in [0.1, 0.15) is 0 Å². The molecule has 0 radical (unpaired) electrons. The van der Waals surface area contributed by atoms with Crippen LogP contribution in [0, 0.1) is 0 Å². The lowest BCUT2D eigenvalue weighted by atomic mass is 10.0. The minimum absolute atomic E-state index is 1.06. The lowest BCUT2D eigenvalue weighted by molar-refractivity contribution is 1.18. The molecule has 0 saturated carbocycles. The molecule has 0 bridgehead atoms. The minimum atomic E-state index is 1.06. The molecule has 0 amide bonds. The van der Waals surface area contributed by atoms with Gasteiger partial charge in [-0.1, -0.05) is 86.5 Å². The summed E-state index contributed by atoms with van der Waals surface area (Å²) in [5.74, 6) is 0. The number of benzene rings is 6. The molecule has 2 nitrogen and oxygen atoms in total. The van der Waals surface area contributed by atoms with Gasteiger partial charge in [0.2, 0.25) is 0 Å². The number of para-hydroxylation sites is 2. The number of nitrogens with zero attached hydrogens (tertiary/aromatic N) is 2. The Morgan fingerprint density at radius 2 is 0.925 bits per heavy atom. The first-order valence-electron chi connectivity index (χ1n) is 13.2. The zero-order valence-electron chi connectivity index (χ0n) is 21.5. The smallest absolute Gasteiger partial charge is 0.0541 e. The average Bonchev–Trinajstić information content (AvgIpc) is 3.34. The summed E-state index contributed by atoms with van der Waals surface area (Å²) in [6, 6.07) is 51.8. The number of rotatable bonds is 5. The molecule has 1 heterocycles. The van der Waals surface area contributed by atoms with E-state index in [4.69, 9.17) is 0 Å². The molecule has 0 spiro atoms. The number of fused-ring (bicyclic) bond motifs is 3. The Labute approximate surface area is 250 Å². The van der Waals surface area contributed by atoms with E-state index < -0.39 is 0 Å². The van der Waals surface area contributed by atoms with Crippen LogP contribution in [-0.4, -0.2) is 4.57 Å². The van der Waals surface area contributed by atoms with Crippen LogP contribution in [0.4, 0.5) is 17.1 Å². The van der Waals surface area contributed by atoms with Gasteiger partial charge in [-0.25, -0.2) is 0 Å². The Kier molecular flexibility index (Phi) is 6.51. The predicted molar refractivity (Wildman–Crippen MR) is 176 cm³/mol. The lowest BCUT2D eigenvalue weighted by Gasteiger charge is -2.25. The highest BCUT2D eigenvalue weighted by Gasteiger charge is 2.15. The van der Waals surface area contributed by atoms with E-state index in [-0.39, 0.29) is 0 Å². The van der Waals surface area contributed by atoms with Gasteiger partial charge in [-0.05, 0) is 102 Å². The number of halogens is 2. The van der Waals surface area contributed by atoms with Crippen molar-refractivity contribution in [3.8, 4) is 16.8 Å². The van der Waals surface area contributed by atoms with Gasteiger partial charge in [-0.15, -0.1) is 0 Å². The van der Waals surface area contributed by atoms with Gasteiger partial charge in [-0.3, -0.25) is 0 Å². The fourth-order valence-electron chi connectivity index (χ4n) is 5.44. The molecule has 0 aliphatic carbocycles. The van der Waals surface area contributed by atoms with Gasteiger partial charge < -0.3 is 9.47 Å². The molecule has 192 valence electrons. The summed E-state index contributed by atoms with van der Waals surface area (Å²) in [7, 11) is 0. The van der Waals surface area contributed by atoms with Crippen LogP contribution in [-0.2, 0) is 0 Å². The Morgan fingerprint density at radius 1 is 0.425 bits per heavy atom. The molecule has 0 N–H and O–H groups in total. The number of hydrogen-bond donors (Lipinski definition) is 0. The van der Waals surface area contributed by atoms with E-state index in [1.54, 1.807) is 0 Å². The zero-order valence-corrected chi connectivity index (χ0v) is 24.7.